The van der Waals surface area contributed by atoms with E-state index in [0.29, 0.717) is 23.8 Å². The molecule has 0 fully saturated rings. The number of nitrogens with one attached hydrogen (secondary N) is 1. The van der Waals surface area contributed by atoms with Gasteiger partial charge in [-0.1, -0.05) is 17.7 Å². The summed E-state index contributed by atoms with van der Waals surface area (Å²) in [5.41, 5.74) is 2.48. The molecule has 29 heavy (non-hydrogen) atoms. The molecule has 1 aromatic heterocycles. The summed E-state index contributed by atoms with van der Waals surface area (Å²) in [5, 5.41) is 0. The van der Waals surface area contributed by atoms with Crippen LogP contribution in [-0.4, -0.2) is 20.0 Å². The van der Waals surface area contributed by atoms with E-state index in [2.05, 4.69) is 9.71 Å². The zero-order valence-corrected chi connectivity index (χ0v) is 17.5. The summed E-state index contributed by atoms with van der Waals surface area (Å²) in [6.07, 6.45) is 1.59. The van der Waals surface area contributed by atoms with Gasteiger partial charge in [0.25, 0.3) is 0 Å². The Morgan fingerprint density at radius 3 is 2.38 bits per heavy atom. The topological polar surface area (TPSA) is 77.5 Å². The van der Waals surface area contributed by atoms with Gasteiger partial charge in [-0.15, -0.1) is 0 Å². The highest BCUT2D eigenvalue weighted by Gasteiger charge is 2.16. The normalized spacial score (nSPS) is 11.3. The van der Waals surface area contributed by atoms with Crippen LogP contribution in [0.1, 0.15) is 23.6 Å². The summed E-state index contributed by atoms with van der Waals surface area (Å²) >= 11 is 0. The maximum absolute atomic E-state index is 12.6. The molecule has 7 heteroatoms. The van der Waals surface area contributed by atoms with Crippen molar-refractivity contribution in [2.75, 3.05) is 6.61 Å². The minimum atomic E-state index is -3.61. The second kappa shape index (κ2) is 9.07. The summed E-state index contributed by atoms with van der Waals surface area (Å²) in [4.78, 5) is 4.47. The van der Waals surface area contributed by atoms with Gasteiger partial charge in [0, 0.05) is 18.8 Å². The standard InChI is InChI=1S/C22H24N2O4S/c1-4-27-19-6-8-20(9-7-19)28-22-14-18(11-12-23-22)15-24-29(25,26)21-10-5-16(2)13-17(21)3/h5-14,24H,4,15H2,1-3H3. The Bertz CT molecular complexity index is 1080. The lowest BCUT2D eigenvalue weighted by atomic mass is 10.2. The fourth-order valence-electron chi connectivity index (χ4n) is 2.86. The first-order valence-corrected chi connectivity index (χ1v) is 10.8. The third-order valence-electron chi connectivity index (χ3n) is 4.24. The Kier molecular flexibility index (Phi) is 6.51. The number of pyridine rings is 1. The molecule has 0 aliphatic heterocycles. The Morgan fingerprint density at radius 2 is 1.69 bits per heavy atom. The summed E-state index contributed by atoms with van der Waals surface area (Å²) in [6, 6.07) is 15.9. The van der Waals surface area contributed by atoms with Crippen LogP contribution >= 0.6 is 0 Å². The van der Waals surface area contributed by atoms with Gasteiger partial charge >= 0.3 is 0 Å². The highest BCUT2D eigenvalue weighted by atomic mass is 32.2. The van der Waals surface area contributed by atoms with Gasteiger partial charge in [-0.3, -0.25) is 0 Å². The molecule has 0 bridgehead atoms. The molecule has 0 unspecified atom stereocenters. The number of rotatable bonds is 8. The molecule has 0 radical (unpaired) electrons. The molecule has 0 amide bonds. The van der Waals surface area contributed by atoms with E-state index in [1.165, 1.54) is 0 Å². The minimum Gasteiger partial charge on any atom is -0.494 e. The Labute approximate surface area is 171 Å². The van der Waals surface area contributed by atoms with E-state index in [0.717, 1.165) is 16.9 Å². The van der Waals surface area contributed by atoms with Crippen molar-refractivity contribution in [2.45, 2.75) is 32.2 Å². The van der Waals surface area contributed by atoms with E-state index < -0.39 is 10.0 Å². The number of aryl methyl sites for hydroxylation is 2. The van der Waals surface area contributed by atoms with Crippen LogP contribution in [0.15, 0.2) is 65.7 Å². The lowest BCUT2D eigenvalue weighted by Gasteiger charge is -2.11. The molecule has 1 N–H and O–H groups in total. The van der Waals surface area contributed by atoms with Gasteiger partial charge in [0.05, 0.1) is 11.5 Å². The summed E-state index contributed by atoms with van der Waals surface area (Å²) < 4.78 is 39.1. The van der Waals surface area contributed by atoms with Gasteiger partial charge in [-0.25, -0.2) is 18.1 Å². The van der Waals surface area contributed by atoms with Crippen molar-refractivity contribution >= 4 is 10.0 Å². The third-order valence-corrected chi connectivity index (χ3v) is 5.80. The van der Waals surface area contributed by atoms with Crippen molar-refractivity contribution < 1.29 is 17.9 Å². The highest BCUT2D eigenvalue weighted by Crippen LogP contribution is 2.23. The maximum Gasteiger partial charge on any atom is 0.241 e. The van der Waals surface area contributed by atoms with Gasteiger partial charge in [0.2, 0.25) is 15.9 Å². The first-order valence-electron chi connectivity index (χ1n) is 9.30. The minimum absolute atomic E-state index is 0.137. The number of hydrogen-bond donors (Lipinski definition) is 1. The second-order valence-electron chi connectivity index (χ2n) is 6.60. The number of aromatic nitrogens is 1. The van der Waals surface area contributed by atoms with Crippen molar-refractivity contribution in [3.8, 4) is 17.4 Å². The van der Waals surface area contributed by atoms with Gasteiger partial charge in [-0.2, -0.15) is 0 Å². The molecule has 0 atom stereocenters. The zero-order chi connectivity index (χ0) is 20.9. The molecule has 1 heterocycles. The molecule has 3 rings (SSSR count). The van der Waals surface area contributed by atoms with E-state index in [1.807, 2.05) is 32.0 Å². The van der Waals surface area contributed by atoms with Crippen LogP contribution in [0.2, 0.25) is 0 Å². The van der Waals surface area contributed by atoms with Gasteiger partial charge in [0.15, 0.2) is 0 Å². The van der Waals surface area contributed by atoms with E-state index >= 15 is 0 Å². The highest BCUT2D eigenvalue weighted by molar-refractivity contribution is 7.89. The molecular weight excluding hydrogens is 388 g/mol. The van der Waals surface area contributed by atoms with Crippen LogP contribution in [0.25, 0.3) is 0 Å². The molecule has 0 aliphatic carbocycles. The lowest BCUT2D eigenvalue weighted by Crippen LogP contribution is -2.24. The molecule has 0 spiro atoms. The van der Waals surface area contributed by atoms with Crippen LogP contribution in [0.5, 0.6) is 17.4 Å². The van der Waals surface area contributed by atoms with Crippen LogP contribution in [0.3, 0.4) is 0 Å². The van der Waals surface area contributed by atoms with Crippen LogP contribution < -0.4 is 14.2 Å². The summed E-state index contributed by atoms with van der Waals surface area (Å²) in [6.45, 7) is 6.38. The molecule has 2 aromatic carbocycles. The third kappa shape index (κ3) is 5.56. The number of benzene rings is 2. The number of nitrogens with zero attached hydrogens (tertiary/aromatic N) is 1. The van der Waals surface area contributed by atoms with E-state index in [9.17, 15) is 8.42 Å². The predicted molar refractivity (Wildman–Crippen MR) is 112 cm³/mol. The molecule has 0 saturated heterocycles. The van der Waals surface area contributed by atoms with Crippen LogP contribution in [-0.2, 0) is 16.6 Å². The number of sulfonamides is 1. The van der Waals surface area contributed by atoms with Crippen molar-refractivity contribution in [2.24, 2.45) is 0 Å². The second-order valence-corrected chi connectivity index (χ2v) is 8.34. The Balaban J connectivity index is 1.68. The maximum atomic E-state index is 12.6. The van der Waals surface area contributed by atoms with Crippen LogP contribution in [0, 0.1) is 13.8 Å². The number of ether oxygens (including phenoxy) is 2. The molecular formula is C22H24N2O4S. The molecule has 3 aromatic rings. The van der Waals surface area contributed by atoms with E-state index in [4.69, 9.17) is 9.47 Å². The van der Waals surface area contributed by atoms with Crippen LogP contribution in [0.4, 0.5) is 0 Å². The molecule has 0 saturated carbocycles. The summed E-state index contributed by atoms with van der Waals surface area (Å²) in [5.74, 6) is 1.77. The van der Waals surface area contributed by atoms with E-state index in [1.54, 1.807) is 49.5 Å². The Hall–Kier alpha value is -2.90. The van der Waals surface area contributed by atoms with Crippen molar-refractivity contribution in [1.29, 1.82) is 0 Å². The van der Waals surface area contributed by atoms with Crippen molar-refractivity contribution in [1.82, 2.24) is 9.71 Å². The molecule has 152 valence electrons. The van der Waals surface area contributed by atoms with Crippen molar-refractivity contribution in [3.63, 3.8) is 0 Å². The van der Waals surface area contributed by atoms with Crippen molar-refractivity contribution in [3.05, 3.63) is 77.5 Å². The predicted octanol–water partition coefficient (Wildman–Crippen LogP) is 4.37. The monoisotopic (exact) mass is 412 g/mol. The first kappa shape index (κ1) is 20.8. The lowest BCUT2D eigenvalue weighted by molar-refractivity contribution is 0.339. The zero-order valence-electron chi connectivity index (χ0n) is 16.7. The average Bonchev–Trinajstić information content (AvgIpc) is 2.68. The molecule has 6 nitrogen and oxygen atoms in total. The first-order chi connectivity index (χ1) is 13.9. The molecule has 0 aliphatic rings. The Morgan fingerprint density at radius 1 is 0.966 bits per heavy atom. The van der Waals surface area contributed by atoms with E-state index in [-0.39, 0.29) is 11.4 Å². The average molecular weight is 413 g/mol. The smallest absolute Gasteiger partial charge is 0.241 e. The fourth-order valence-corrected chi connectivity index (χ4v) is 4.11. The fraction of sp³-hybridized carbons (Fsp3) is 0.227. The largest absolute Gasteiger partial charge is 0.494 e. The summed E-state index contributed by atoms with van der Waals surface area (Å²) in [7, 11) is -3.61. The quantitative estimate of drug-likeness (QED) is 0.594. The number of hydrogen-bond acceptors (Lipinski definition) is 5. The van der Waals surface area contributed by atoms with Gasteiger partial charge in [-0.05, 0) is 68.3 Å². The SMILES string of the molecule is CCOc1ccc(Oc2cc(CNS(=O)(=O)c3ccc(C)cc3C)ccn2)cc1. The van der Waals surface area contributed by atoms with Gasteiger partial charge < -0.3 is 9.47 Å². The van der Waals surface area contributed by atoms with Gasteiger partial charge in [0.1, 0.15) is 11.5 Å².